The third kappa shape index (κ3) is 2.93. The van der Waals surface area contributed by atoms with Gasteiger partial charge in [0, 0.05) is 13.1 Å². The number of methoxy groups -OCH3 is 1. The van der Waals surface area contributed by atoms with Crippen LogP contribution in [0.25, 0.3) is 0 Å². The Balaban J connectivity index is 2.19. The maximum Gasteiger partial charge on any atom is 0.340 e. The molecule has 1 aliphatic rings. The minimum absolute atomic E-state index is 0.126. The van der Waals surface area contributed by atoms with Crippen LogP contribution in [0.1, 0.15) is 22.3 Å². The molecule has 1 fully saturated rings. The summed E-state index contributed by atoms with van der Waals surface area (Å²) in [5.74, 6) is -1.32. The highest BCUT2D eigenvalue weighted by Gasteiger charge is 2.28. The second kappa shape index (κ2) is 5.26. The maximum atomic E-state index is 13.7. The summed E-state index contributed by atoms with van der Waals surface area (Å²) in [6, 6.07) is 4.00. The van der Waals surface area contributed by atoms with Crippen LogP contribution in [0, 0.1) is 5.82 Å². The third-order valence-corrected chi connectivity index (χ3v) is 4.90. The molecule has 0 bridgehead atoms. The summed E-state index contributed by atoms with van der Waals surface area (Å²) in [5.41, 5.74) is 0.353. The van der Waals surface area contributed by atoms with Crippen LogP contribution in [0.3, 0.4) is 0 Å². The van der Waals surface area contributed by atoms with Gasteiger partial charge in [-0.25, -0.2) is 17.6 Å². The predicted octanol–water partition coefficient (Wildman–Crippen LogP) is 1.15. The SMILES string of the molecule is COC(=O)c1ccc(CN2CCCS2(=O)=O)cc1F. The van der Waals surface area contributed by atoms with Gasteiger partial charge in [-0.05, 0) is 24.1 Å². The standard InChI is InChI=1S/C12H14FNO4S/c1-18-12(15)10-4-3-9(7-11(10)13)8-14-5-2-6-19(14,16)17/h3-4,7H,2,5-6,8H2,1H3. The largest absolute Gasteiger partial charge is 0.465 e. The van der Waals surface area contributed by atoms with Gasteiger partial charge in [0.15, 0.2) is 0 Å². The number of ether oxygens (including phenoxy) is 1. The second-order valence-electron chi connectivity index (χ2n) is 4.31. The van der Waals surface area contributed by atoms with E-state index in [0.717, 1.165) is 0 Å². The van der Waals surface area contributed by atoms with E-state index in [4.69, 9.17) is 0 Å². The average molecular weight is 287 g/mol. The number of hydrogen-bond donors (Lipinski definition) is 0. The third-order valence-electron chi connectivity index (χ3n) is 3.00. The highest BCUT2D eigenvalue weighted by molar-refractivity contribution is 7.89. The molecule has 1 heterocycles. The zero-order valence-corrected chi connectivity index (χ0v) is 11.2. The Labute approximate surface area is 111 Å². The Morgan fingerprint density at radius 1 is 1.47 bits per heavy atom. The lowest BCUT2D eigenvalue weighted by molar-refractivity contribution is 0.0595. The second-order valence-corrected chi connectivity index (χ2v) is 6.40. The van der Waals surface area contributed by atoms with E-state index < -0.39 is 21.8 Å². The van der Waals surface area contributed by atoms with Crippen molar-refractivity contribution in [1.29, 1.82) is 0 Å². The topological polar surface area (TPSA) is 63.7 Å². The molecule has 0 N–H and O–H groups in total. The monoisotopic (exact) mass is 287 g/mol. The van der Waals surface area contributed by atoms with Crippen molar-refractivity contribution >= 4 is 16.0 Å². The van der Waals surface area contributed by atoms with Gasteiger partial charge in [-0.3, -0.25) is 0 Å². The van der Waals surface area contributed by atoms with Crippen molar-refractivity contribution in [3.63, 3.8) is 0 Å². The van der Waals surface area contributed by atoms with Crippen LogP contribution in [0.2, 0.25) is 0 Å². The van der Waals surface area contributed by atoms with Crippen molar-refractivity contribution in [3.8, 4) is 0 Å². The summed E-state index contributed by atoms with van der Waals surface area (Å²) in [5, 5.41) is 0. The molecule has 0 radical (unpaired) electrons. The van der Waals surface area contributed by atoms with Crippen molar-refractivity contribution < 1.29 is 22.3 Å². The number of esters is 1. The fraction of sp³-hybridized carbons (Fsp3) is 0.417. The summed E-state index contributed by atoms with van der Waals surface area (Å²) in [6.07, 6.45) is 0.588. The summed E-state index contributed by atoms with van der Waals surface area (Å²) in [4.78, 5) is 11.2. The fourth-order valence-electron chi connectivity index (χ4n) is 2.00. The van der Waals surface area contributed by atoms with Gasteiger partial charge in [0.25, 0.3) is 0 Å². The summed E-state index contributed by atoms with van der Waals surface area (Å²) in [6.45, 7) is 0.573. The first-order chi connectivity index (χ1) is 8.94. The molecular formula is C12H14FNO4S. The lowest BCUT2D eigenvalue weighted by atomic mass is 10.1. The number of nitrogens with zero attached hydrogens (tertiary/aromatic N) is 1. The van der Waals surface area contributed by atoms with E-state index in [1.54, 1.807) is 0 Å². The van der Waals surface area contributed by atoms with Crippen molar-refractivity contribution in [2.75, 3.05) is 19.4 Å². The van der Waals surface area contributed by atoms with Crippen molar-refractivity contribution in [2.24, 2.45) is 0 Å². The molecule has 0 aliphatic carbocycles. The van der Waals surface area contributed by atoms with Crippen LogP contribution in [0.4, 0.5) is 4.39 Å². The molecule has 1 saturated heterocycles. The summed E-state index contributed by atoms with van der Waals surface area (Å²) < 4.78 is 42.7. The first-order valence-electron chi connectivity index (χ1n) is 5.78. The van der Waals surface area contributed by atoms with Crippen molar-refractivity contribution in [2.45, 2.75) is 13.0 Å². The smallest absolute Gasteiger partial charge is 0.340 e. The molecule has 1 aliphatic heterocycles. The van der Waals surface area contributed by atoms with E-state index in [0.29, 0.717) is 18.5 Å². The minimum atomic E-state index is -3.21. The molecule has 1 aromatic carbocycles. The van der Waals surface area contributed by atoms with Crippen molar-refractivity contribution in [1.82, 2.24) is 4.31 Å². The highest BCUT2D eigenvalue weighted by atomic mass is 32.2. The number of rotatable bonds is 3. The summed E-state index contributed by atoms with van der Waals surface area (Å²) >= 11 is 0. The van der Waals surface area contributed by atoms with E-state index >= 15 is 0 Å². The van der Waals surface area contributed by atoms with Gasteiger partial charge in [0.2, 0.25) is 10.0 Å². The van der Waals surface area contributed by atoms with Gasteiger partial charge in [-0.15, -0.1) is 0 Å². The number of carbonyl (C=O) groups is 1. The first-order valence-corrected chi connectivity index (χ1v) is 7.39. The lowest BCUT2D eigenvalue weighted by Crippen LogP contribution is -2.25. The molecule has 2 rings (SSSR count). The van der Waals surface area contributed by atoms with Gasteiger partial charge in [0.1, 0.15) is 5.82 Å². The van der Waals surface area contributed by atoms with Crippen LogP contribution >= 0.6 is 0 Å². The molecule has 5 nitrogen and oxygen atoms in total. The van der Waals surface area contributed by atoms with Gasteiger partial charge in [-0.2, -0.15) is 4.31 Å². The molecule has 7 heteroatoms. The van der Waals surface area contributed by atoms with Crippen LogP contribution in [-0.4, -0.2) is 38.1 Å². The van der Waals surface area contributed by atoms with E-state index in [2.05, 4.69) is 4.74 Å². The molecule has 0 amide bonds. The van der Waals surface area contributed by atoms with Crippen LogP contribution in [-0.2, 0) is 21.3 Å². The quantitative estimate of drug-likeness (QED) is 0.782. The van der Waals surface area contributed by atoms with E-state index in [1.165, 1.54) is 29.6 Å². The van der Waals surface area contributed by atoms with Crippen molar-refractivity contribution in [3.05, 3.63) is 35.1 Å². The zero-order chi connectivity index (χ0) is 14.0. The van der Waals surface area contributed by atoms with Gasteiger partial charge in [-0.1, -0.05) is 6.07 Å². The highest BCUT2D eigenvalue weighted by Crippen LogP contribution is 2.19. The molecule has 1 aromatic rings. The normalized spacial score (nSPS) is 18.4. The number of sulfonamides is 1. The number of benzene rings is 1. The summed E-state index contributed by atoms with van der Waals surface area (Å²) in [7, 11) is -2.04. The minimum Gasteiger partial charge on any atom is -0.465 e. The molecule has 19 heavy (non-hydrogen) atoms. The Morgan fingerprint density at radius 2 is 2.21 bits per heavy atom. The number of halogens is 1. The molecule has 0 atom stereocenters. The molecule has 0 spiro atoms. The Morgan fingerprint density at radius 3 is 2.74 bits per heavy atom. The average Bonchev–Trinajstić information content (AvgIpc) is 2.68. The lowest BCUT2D eigenvalue weighted by Gasteiger charge is -2.14. The van der Waals surface area contributed by atoms with Crippen LogP contribution in [0.15, 0.2) is 18.2 Å². The fourth-order valence-corrected chi connectivity index (χ4v) is 3.51. The van der Waals surface area contributed by atoms with Crippen LogP contribution < -0.4 is 0 Å². The van der Waals surface area contributed by atoms with E-state index in [-0.39, 0.29) is 17.9 Å². The Bertz CT molecular complexity index is 600. The zero-order valence-electron chi connectivity index (χ0n) is 10.4. The Kier molecular flexibility index (Phi) is 3.86. The maximum absolute atomic E-state index is 13.7. The van der Waals surface area contributed by atoms with Gasteiger partial charge >= 0.3 is 5.97 Å². The first kappa shape index (κ1) is 14.0. The molecule has 0 aromatic heterocycles. The molecule has 0 saturated carbocycles. The predicted molar refractivity (Wildman–Crippen MR) is 66.6 cm³/mol. The number of carbonyl (C=O) groups excluding carboxylic acids is 1. The van der Waals surface area contributed by atoms with Gasteiger partial charge < -0.3 is 4.74 Å². The molecular weight excluding hydrogens is 273 g/mol. The number of hydrogen-bond acceptors (Lipinski definition) is 4. The Hall–Kier alpha value is -1.47. The van der Waals surface area contributed by atoms with E-state index in [9.17, 15) is 17.6 Å². The molecule has 104 valence electrons. The van der Waals surface area contributed by atoms with Gasteiger partial charge in [0.05, 0.1) is 18.4 Å². The van der Waals surface area contributed by atoms with E-state index in [1.807, 2.05) is 0 Å². The molecule has 0 unspecified atom stereocenters. The van der Waals surface area contributed by atoms with Crippen LogP contribution in [0.5, 0.6) is 0 Å².